The largest absolute Gasteiger partial charge is 0.389 e. The van der Waals surface area contributed by atoms with Crippen LogP contribution >= 0.6 is 7.55 Å². The fourth-order valence-corrected chi connectivity index (χ4v) is 5.76. The van der Waals surface area contributed by atoms with Crippen molar-refractivity contribution in [1.82, 2.24) is 0 Å². The van der Waals surface area contributed by atoms with Crippen LogP contribution in [0.15, 0.2) is 0 Å². The highest BCUT2D eigenvalue weighted by Gasteiger charge is 2.48. The third-order valence-corrected chi connectivity index (χ3v) is 8.54. The lowest BCUT2D eigenvalue weighted by Gasteiger charge is -2.46. The maximum absolute atomic E-state index is 11.0. The highest BCUT2D eigenvalue weighted by atomic mass is 31.1. The molecule has 3 aliphatic heterocycles. The van der Waals surface area contributed by atoms with Crippen molar-refractivity contribution in [3.63, 3.8) is 0 Å². The van der Waals surface area contributed by atoms with Crippen molar-refractivity contribution in [2.24, 2.45) is 23.5 Å². The molecular formula is C25H47NO7P+. The van der Waals surface area contributed by atoms with Gasteiger partial charge in [-0.15, -0.1) is 0 Å². The molecule has 3 heterocycles. The van der Waals surface area contributed by atoms with Gasteiger partial charge in [0.1, 0.15) is 26.4 Å². The van der Waals surface area contributed by atoms with Gasteiger partial charge in [-0.1, -0.05) is 41.0 Å². The predicted octanol–water partition coefficient (Wildman–Crippen LogP) is 3.28. The van der Waals surface area contributed by atoms with E-state index in [2.05, 4.69) is 47.6 Å². The summed E-state index contributed by atoms with van der Waals surface area (Å²) in [5.74, 6) is 0.565. The van der Waals surface area contributed by atoms with Gasteiger partial charge in [0.2, 0.25) is 0 Å². The van der Waals surface area contributed by atoms with Crippen LogP contribution in [-0.2, 0) is 28.4 Å². The number of aliphatic hydroxyl groups excluding tert-OH is 1. The Morgan fingerprint density at radius 1 is 1.12 bits per heavy atom. The third kappa shape index (κ3) is 6.78. The van der Waals surface area contributed by atoms with Gasteiger partial charge in [-0.2, -0.15) is 0 Å². The maximum atomic E-state index is 11.0. The van der Waals surface area contributed by atoms with Crippen molar-refractivity contribution in [2.45, 2.75) is 115 Å². The fourth-order valence-electron chi connectivity index (χ4n) is 5.07. The first-order valence-corrected chi connectivity index (χ1v) is 15.0. The van der Waals surface area contributed by atoms with Gasteiger partial charge in [-0.05, 0) is 25.2 Å². The highest BCUT2D eigenvalue weighted by molar-refractivity contribution is 7.55. The minimum absolute atomic E-state index is 0.0466. The van der Waals surface area contributed by atoms with E-state index in [4.69, 9.17) is 34.2 Å². The van der Waals surface area contributed by atoms with Gasteiger partial charge in [-0.25, -0.2) is 0 Å². The molecule has 0 saturated carbocycles. The molecule has 0 aromatic carbocycles. The van der Waals surface area contributed by atoms with Crippen LogP contribution in [0.25, 0.3) is 0 Å². The number of nitrogens with two attached hydrogens (primary N) is 1. The van der Waals surface area contributed by atoms with Crippen LogP contribution in [0.2, 0.25) is 0 Å². The summed E-state index contributed by atoms with van der Waals surface area (Å²) in [7, 11) is -0.592. The smallest absolute Gasteiger partial charge is 0.324 e. The van der Waals surface area contributed by atoms with Gasteiger partial charge in [0, 0.05) is 17.9 Å². The minimum atomic E-state index is -0.858. The van der Waals surface area contributed by atoms with E-state index in [0.717, 1.165) is 19.3 Å². The molecule has 3 fully saturated rings. The monoisotopic (exact) mass is 504 g/mol. The third-order valence-electron chi connectivity index (χ3n) is 7.55. The maximum Gasteiger partial charge on any atom is 0.324 e. The summed E-state index contributed by atoms with van der Waals surface area (Å²) in [6.45, 7) is 13.3. The van der Waals surface area contributed by atoms with E-state index in [0.29, 0.717) is 13.0 Å². The molecule has 13 atom stereocenters. The lowest BCUT2D eigenvalue weighted by molar-refractivity contribution is -0.329. The van der Waals surface area contributed by atoms with Crippen LogP contribution in [0.5, 0.6) is 0 Å². The topological polar surface area (TPSA) is 102 Å². The van der Waals surface area contributed by atoms with E-state index in [9.17, 15) is 5.11 Å². The minimum Gasteiger partial charge on any atom is -0.389 e. The van der Waals surface area contributed by atoms with Gasteiger partial charge in [0.05, 0.1) is 37.8 Å². The summed E-state index contributed by atoms with van der Waals surface area (Å²) in [5, 5.41) is 11.0. The second-order valence-electron chi connectivity index (χ2n) is 10.5. The molecular weight excluding hydrogens is 457 g/mol. The van der Waals surface area contributed by atoms with E-state index in [-0.39, 0.29) is 55.0 Å². The zero-order valence-corrected chi connectivity index (χ0v) is 22.7. The first-order chi connectivity index (χ1) is 16.2. The zero-order valence-electron chi connectivity index (χ0n) is 21.8. The van der Waals surface area contributed by atoms with Gasteiger partial charge in [0.25, 0.3) is 0 Å². The summed E-state index contributed by atoms with van der Waals surface area (Å²) >= 11 is 0. The number of hydrogen-bond acceptors (Lipinski definition) is 8. The van der Waals surface area contributed by atoms with Crippen molar-refractivity contribution >= 4 is 13.8 Å². The Morgan fingerprint density at radius 2 is 1.85 bits per heavy atom. The van der Waals surface area contributed by atoms with Crippen LogP contribution in [0, 0.1) is 17.8 Å². The second-order valence-corrected chi connectivity index (χ2v) is 12.4. The van der Waals surface area contributed by atoms with Crippen molar-refractivity contribution in [3.05, 3.63) is 0 Å². The normalized spacial score (nSPS) is 41.5. The van der Waals surface area contributed by atoms with Crippen molar-refractivity contribution in [1.29, 1.82) is 0 Å². The Bertz CT molecular complexity index is 653. The Labute approximate surface area is 206 Å². The molecule has 0 spiro atoms. The first kappa shape index (κ1) is 28.4. The average Bonchev–Trinajstić information content (AvgIpc) is 3.18. The van der Waals surface area contributed by atoms with Crippen LogP contribution in [0.1, 0.15) is 60.3 Å². The van der Waals surface area contributed by atoms with Crippen LogP contribution < -0.4 is 5.73 Å². The van der Waals surface area contributed by atoms with Crippen molar-refractivity contribution in [3.8, 4) is 0 Å². The summed E-state index contributed by atoms with van der Waals surface area (Å²) in [5.41, 5.74) is 6.28. The number of ether oxygens (including phenoxy) is 6. The molecule has 3 rings (SSSR count). The quantitative estimate of drug-likeness (QED) is 0.414. The molecule has 34 heavy (non-hydrogen) atoms. The number of fused-ring (bicyclic) bond motifs is 1. The molecule has 3 N–H and O–H groups in total. The highest BCUT2D eigenvalue weighted by Crippen LogP contribution is 2.40. The number of aliphatic hydroxyl groups is 1. The molecule has 0 bridgehead atoms. The van der Waals surface area contributed by atoms with E-state index in [1.165, 1.54) is 0 Å². The van der Waals surface area contributed by atoms with E-state index in [1.807, 2.05) is 0 Å². The van der Waals surface area contributed by atoms with Crippen molar-refractivity contribution < 1.29 is 33.5 Å². The van der Waals surface area contributed by atoms with Gasteiger partial charge < -0.3 is 39.3 Å². The molecule has 8 nitrogen and oxygen atoms in total. The molecule has 9 heteroatoms. The molecule has 198 valence electrons. The summed E-state index contributed by atoms with van der Waals surface area (Å²) in [6.07, 6.45) is 5.23. The predicted molar refractivity (Wildman–Crippen MR) is 134 cm³/mol. The summed E-state index contributed by atoms with van der Waals surface area (Å²) < 4.78 is 37.0. The van der Waals surface area contributed by atoms with Crippen LogP contribution in [0.3, 0.4) is 0 Å². The zero-order chi connectivity index (χ0) is 25.0. The molecule has 13 unspecified atom stereocenters. The van der Waals surface area contributed by atoms with E-state index < -0.39 is 32.1 Å². The summed E-state index contributed by atoms with van der Waals surface area (Å²) in [6, 6.07) is -0.644. The Balaban J connectivity index is 1.64. The van der Waals surface area contributed by atoms with Gasteiger partial charge in [0.15, 0.2) is 12.6 Å². The Hall–Kier alpha value is -0.150. The molecule has 0 aliphatic carbocycles. The number of hydrogen-bond donors (Lipinski definition) is 2. The van der Waals surface area contributed by atoms with Gasteiger partial charge >= 0.3 is 6.03 Å². The van der Waals surface area contributed by atoms with E-state index in [1.54, 1.807) is 0 Å². The average molecular weight is 505 g/mol. The Kier molecular flexibility index (Phi) is 10.8. The molecule has 0 aromatic heterocycles. The van der Waals surface area contributed by atoms with E-state index >= 15 is 0 Å². The molecule has 0 amide bonds. The molecule has 0 radical (unpaired) electrons. The van der Waals surface area contributed by atoms with Crippen LogP contribution in [-0.4, -0.2) is 86.5 Å². The van der Waals surface area contributed by atoms with Crippen LogP contribution in [0.4, 0.5) is 0 Å². The SMILES string of the molecule is C=[P+](C)C1OCC2OC(OCC(OC3OC(CC)CC3C)C(O)C(N)CCC)C(C)C(C)C2O1. The van der Waals surface area contributed by atoms with Gasteiger partial charge in [-0.3, -0.25) is 0 Å². The second kappa shape index (κ2) is 12.9. The van der Waals surface area contributed by atoms with Crippen molar-refractivity contribution in [2.75, 3.05) is 19.9 Å². The molecule has 3 aliphatic rings. The lowest BCUT2D eigenvalue weighted by atomic mass is 9.84. The molecule has 0 aromatic rings. The standard InChI is InChI=1S/C25H47NO7P/c1-8-10-18(26)21(27)19(31-23-14(3)11-17(9-2)30-23)12-28-24-16(5)15(4)22-20(32-24)13-29-25(33-22)34(6)7/h14-25,27H,6,8-13,26H2,1-5,7H3/q+1. The lowest BCUT2D eigenvalue weighted by Crippen LogP contribution is -2.57. The summed E-state index contributed by atoms with van der Waals surface area (Å²) in [4.78, 5) is 0. The fraction of sp³-hybridized carbons (Fsp3) is 0.960. The Morgan fingerprint density at radius 3 is 2.47 bits per heavy atom. The first-order valence-electron chi connectivity index (χ1n) is 13.0. The number of rotatable bonds is 11. The molecule has 3 saturated heterocycles.